The molecule has 3 aromatic heterocycles. The normalized spacial score (nSPS) is 26.3. The number of hydrogen-bond donors (Lipinski definition) is 2. The maximum atomic E-state index is 13.0. The molecule has 1 aromatic carbocycles. The molecule has 2 N–H and O–H groups in total. The summed E-state index contributed by atoms with van der Waals surface area (Å²) in [6, 6.07) is 10.2. The summed E-state index contributed by atoms with van der Waals surface area (Å²) in [6.45, 7) is 0.348. The fourth-order valence-corrected chi connectivity index (χ4v) is 5.83. The van der Waals surface area contributed by atoms with Crippen molar-refractivity contribution >= 4 is 37.7 Å². The largest absolute Gasteiger partial charge is 0.386 e. The molecule has 2 aliphatic rings. The van der Waals surface area contributed by atoms with Crippen molar-refractivity contribution < 1.29 is 18.9 Å². The molecule has 166 valence electrons. The van der Waals surface area contributed by atoms with Crippen molar-refractivity contribution in [3.63, 3.8) is 0 Å². The third kappa shape index (κ3) is 3.37. The molecule has 0 aliphatic carbocycles. The second-order valence-electron chi connectivity index (χ2n) is 7.63. The minimum atomic E-state index is -0.929. The van der Waals surface area contributed by atoms with Crippen LogP contribution < -0.4 is 5.56 Å². The lowest BCUT2D eigenvalue weighted by Gasteiger charge is -2.24. The van der Waals surface area contributed by atoms with Gasteiger partial charge in [-0.2, -0.15) is 0 Å². The molecule has 2 aliphatic heterocycles. The van der Waals surface area contributed by atoms with E-state index in [2.05, 4.69) is 27.1 Å². The molecule has 32 heavy (non-hydrogen) atoms. The molecular weight excluding hydrogens is 453 g/mol. The predicted molar refractivity (Wildman–Crippen MR) is 119 cm³/mol. The Hall–Kier alpha value is -2.27. The van der Waals surface area contributed by atoms with E-state index in [0.717, 1.165) is 12.2 Å². The first-order valence-electron chi connectivity index (χ1n) is 10.2. The first-order valence-corrected chi connectivity index (χ1v) is 12.0. The summed E-state index contributed by atoms with van der Waals surface area (Å²) in [5.74, 6) is 1.14. The molecule has 5 atom stereocenters. The van der Waals surface area contributed by atoms with Gasteiger partial charge in [0, 0.05) is 18.1 Å². The smallest absolute Gasteiger partial charge is 0.287 e. The van der Waals surface area contributed by atoms with E-state index in [0.29, 0.717) is 23.2 Å². The highest BCUT2D eigenvalue weighted by atomic mass is 32.2. The van der Waals surface area contributed by atoms with Gasteiger partial charge in [0.2, 0.25) is 5.78 Å². The van der Waals surface area contributed by atoms with Crippen molar-refractivity contribution in [1.29, 1.82) is 0 Å². The number of aliphatic hydroxyl groups is 1. The minimum absolute atomic E-state index is 0.134. The van der Waals surface area contributed by atoms with Crippen LogP contribution in [0.15, 0.2) is 52.7 Å². The number of imidazole rings is 2. The summed E-state index contributed by atoms with van der Waals surface area (Å²) < 4.78 is 20.3. The van der Waals surface area contributed by atoms with Crippen molar-refractivity contribution in [2.75, 3.05) is 12.4 Å². The number of nitrogens with zero attached hydrogens (tertiary/aromatic N) is 4. The highest BCUT2D eigenvalue weighted by molar-refractivity contribution is 7.99. The molecule has 0 bridgehead atoms. The summed E-state index contributed by atoms with van der Waals surface area (Å²) >= 11 is 1.51. The van der Waals surface area contributed by atoms with E-state index in [9.17, 15) is 9.90 Å². The van der Waals surface area contributed by atoms with Gasteiger partial charge in [0.25, 0.3) is 5.56 Å². The first-order chi connectivity index (χ1) is 15.7. The highest BCUT2D eigenvalue weighted by Crippen LogP contribution is 2.41. The van der Waals surface area contributed by atoms with Gasteiger partial charge in [-0.05, 0) is 12.0 Å². The SMILES string of the molecule is O=c1c2nc(SCCc3ccccc3)n(C3OC4COPOC4C3O)c2[nH]c2nccn12. The topological polar surface area (TPSA) is 116 Å². The number of rotatable bonds is 5. The van der Waals surface area contributed by atoms with Crippen molar-refractivity contribution in [3.8, 4) is 0 Å². The van der Waals surface area contributed by atoms with Crippen LogP contribution >= 0.6 is 20.8 Å². The zero-order valence-electron chi connectivity index (χ0n) is 16.7. The molecule has 2 saturated heterocycles. The number of aliphatic hydroxyl groups excluding tert-OH is 1. The molecule has 5 unspecified atom stereocenters. The fourth-order valence-electron chi connectivity index (χ4n) is 4.12. The Balaban J connectivity index is 1.41. The molecule has 12 heteroatoms. The van der Waals surface area contributed by atoms with E-state index in [-0.39, 0.29) is 20.1 Å². The van der Waals surface area contributed by atoms with E-state index in [1.807, 2.05) is 18.2 Å². The van der Waals surface area contributed by atoms with Crippen LogP contribution in [0.2, 0.25) is 0 Å². The third-order valence-corrected chi connectivity index (χ3v) is 7.30. The van der Waals surface area contributed by atoms with Crippen molar-refractivity contribution in [1.82, 2.24) is 23.9 Å². The predicted octanol–water partition coefficient (Wildman–Crippen LogP) is 1.89. The van der Waals surface area contributed by atoms with Crippen molar-refractivity contribution in [2.24, 2.45) is 0 Å². The number of fused-ring (bicyclic) bond motifs is 3. The number of benzene rings is 1. The summed E-state index contributed by atoms with van der Waals surface area (Å²) in [6.07, 6.45) is 1.40. The molecule has 0 amide bonds. The van der Waals surface area contributed by atoms with Gasteiger partial charge >= 0.3 is 0 Å². The van der Waals surface area contributed by atoms with Crippen LogP contribution in [0.5, 0.6) is 0 Å². The summed E-state index contributed by atoms with van der Waals surface area (Å²) in [5, 5.41) is 11.6. The summed E-state index contributed by atoms with van der Waals surface area (Å²) in [7, 11) is -0.134. The van der Waals surface area contributed by atoms with Crippen LogP contribution in [-0.4, -0.2) is 59.7 Å². The standard InChI is InChI=1S/C20H20N5O5PS/c26-14-15-12(10-28-31-30-15)29-18(14)25-16-13(17(27)24-8-7-21-19(24)23-16)22-20(25)32-9-6-11-4-2-1-3-5-11/h1-5,7-8,12,14-15,18,26,31H,6,9-10H2,(H,21,23). The molecule has 4 aromatic rings. The Morgan fingerprint density at radius 3 is 3.03 bits per heavy atom. The van der Waals surface area contributed by atoms with Gasteiger partial charge in [-0.1, -0.05) is 42.1 Å². The van der Waals surface area contributed by atoms with E-state index in [4.69, 9.17) is 13.8 Å². The average molecular weight is 473 g/mol. The Labute approximate surface area is 187 Å². The highest BCUT2D eigenvalue weighted by Gasteiger charge is 2.48. The number of aromatic amines is 1. The third-order valence-electron chi connectivity index (χ3n) is 5.69. The van der Waals surface area contributed by atoms with E-state index >= 15 is 0 Å². The quantitative estimate of drug-likeness (QED) is 0.334. The number of aryl methyl sites for hydroxylation is 1. The Kier molecular flexibility index (Phi) is 5.25. The van der Waals surface area contributed by atoms with Crippen LogP contribution in [0.1, 0.15) is 11.8 Å². The zero-order chi connectivity index (χ0) is 21.7. The Morgan fingerprint density at radius 2 is 2.19 bits per heavy atom. The Bertz CT molecular complexity index is 1320. The molecule has 10 nitrogen and oxygen atoms in total. The molecule has 0 radical (unpaired) electrons. The number of thioether (sulfide) groups is 1. The van der Waals surface area contributed by atoms with Gasteiger partial charge in [-0.3, -0.25) is 9.36 Å². The maximum absolute atomic E-state index is 13.0. The van der Waals surface area contributed by atoms with Crippen LogP contribution in [0.3, 0.4) is 0 Å². The van der Waals surface area contributed by atoms with Gasteiger partial charge in [0.05, 0.1) is 6.61 Å². The number of aromatic nitrogens is 5. The van der Waals surface area contributed by atoms with Gasteiger partial charge < -0.3 is 23.9 Å². The number of hydrogen-bond acceptors (Lipinski definition) is 8. The van der Waals surface area contributed by atoms with Gasteiger partial charge in [-0.15, -0.1) is 0 Å². The maximum Gasteiger partial charge on any atom is 0.287 e. The van der Waals surface area contributed by atoms with Gasteiger partial charge in [0.15, 0.2) is 25.9 Å². The van der Waals surface area contributed by atoms with Crippen LogP contribution in [0.4, 0.5) is 0 Å². The summed E-state index contributed by atoms with van der Waals surface area (Å²) in [4.78, 5) is 25.1. The lowest BCUT2D eigenvalue weighted by molar-refractivity contribution is -0.0553. The number of ether oxygens (including phenoxy) is 1. The van der Waals surface area contributed by atoms with Gasteiger partial charge in [0.1, 0.15) is 24.0 Å². The monoisotopic (exact) mass is 473 g/mol. The average Bonchev–Trinajstić information content (AvgIpc) is 3.51. The van der Waals surface area contributed by atoms with E-state index < -0.39 is 24.5 Å². The minimum Gasteiger partial charge on any atom is -0.386 e. The second kappa shape index (κ2) is 8.26. The molecule has 6 rings (SSSR count). The fraction of sp³-hybridized carbons (Fsp3) is 0.350. The van der Waals surface area contributed by atoms with Crippen molar-refractivity contribution in [2.45, 2.75) is 36.1 Å². The molecular formula is C20H20N5O5PS. The molecule has 2 fully saturated rings. The van der Waals surface area contributed by atoms with E-state index in [1.54, 1.807) is 17.0 Å². The molecule has 5 heterocycles. The molecule has 0 saturated carbocycles. The Morgan fingerprint density at radius 1 is 1.31 bits per heavy atom. The summed E-state index contributed by atoms with van der Waals surface area (Å²) in [5.41, 5.74) is 1.66. The van der Waals surface area contributed by atoms with Crippen molar-refractivity contribution in [3.05, 3.63) is 58.6 Å². The lowest BCUT2D eigenvalue weighted by atomic mass is 10.1. The van der Waals surface area contributed by atoms with Crippen LogP contribution in [0, 0.1) is 0 Å². The zero-order valence-corrected chi connectivity index (χ0v) is 18.6. The second-order valence-corrected chi connectivity index (χ2v) is 9.38. The van der Waals surface area contributed by atoms with E-state index in [1.165, 1.54) is 21.7 Å². The lowest BCUT2D eigenvalue weighted by Crippen LogP contribution is -2.37. The van der Waals surface area contributed by atoms with Crippen LogP contribution in [0.25, 0.3) is 16.9 Å². The number of nitrogens with one attached hydrogen (secondary N) is 1. The first kappa shape index (κ1) is 20.3. The molecule has 0 spiro atoms. The van der Waals surface area contributed by atoms with Gasteiger partial charge in [-0.25, -0.2) is 14.4 Å². The van der Waals surface area contributed by atoms with Crippen LogP contribution in [-0.2, 0) is 20.2 Å². The number of H-pyrrole nitrogens is 1.